The Morgan fingerprint density at radius 2 is 1.62 bits per heavy atom. The van der Waals surface area contributed by atoms with Crippen LogP contribution < -0.4 is 16.0 Å². The first-order chi connectivity index (χ1) is 28.8. The summed E-state index contributed by atoms with van der Waals surface area (Å²) >= 11 is 1.06. The average Bonchev–Trinajstić information content (AvgIpc) is 3.69. The van der Waals surface area contributed by atoms with Gasteiger partial charge in [0.25, 0.3) is 5.91 Å². The number of nitrogens with one attached hydrogen (secondary N) is 3. The number of ketones is 1. The molecule has 0 radical (unpaired) electrons. The lowest BCUT2D eigenvalue weighted by Gasteiger charge is -2.33. The second-order valence-electron chi connectivity index (χ2n) is 16.4. The fourth-order valence-electron chi connectivity index (χ4n) is 7.62. The molecule has 6 atom stereocenters. The zero-order valence-electron chi connectivity index (χ0n) is 34.7. The summed E-state index contributed by atoms with van der Waals surface area (Å²) in [7, 11) is 0. The molecule has 322 valence electrons. The van der Waals surface area contributed by atoms with E-state index >= 15 is 0 Å². The lowest BCUT2D eigenvalue weighted by molar-refractivity contribution is -0.147. The lowest BCUT2D eigenvalue weighted by atomic mass is 9.92. The van der Waals surface area contributed by atoms with Gasteiger partial charge in [0.15, 0.2) is 5.78 Å². The Balaban J connectivity index is 1.14. The van der Waals surface area contributed by atoms with E-state index in [1.54, 1.807) is 6.92 Å². The van der Waals surface area contributed by atoms with Crippen molar-refractivity contribution in [2.24, 2.45) is 5.92 Å². The van der Waals surface area contributed by atoms with Crippen molar-refractivity contribution in [3.63, 3.8) is 0 Å². The number of Topliss-reactive ketones (excluding diaryl/α,β-unsaturated/α-hetero) is 1. The molecule has 2 unspecified atom stereocenters. The topological polar surface area (TPSA) is 189 Å². The summed E-state index contributed by atoms with van der Waals surface area (Å²) in [6.45, 7) is 10.2. The maximum Gasteiger partial charge on any atom is 0.320 e. The second kappa shape index (κ2) is 20.5. The van der Waals surface area contributed by atoms with Gasteiger partial charge in [0, 0.05) is 25.6 Å². The van der Waals surface area contributed by atoms with Gasteiger partial charge in [0.05, 0.1) is 38.6 Å². The van der Waals surface area contributed by atoms with E-state index in [4.69, 9.17) is 14.2 Å². The minimum absolute atomic E-state index is 0.0940. The average molecular weight is 845 g/mol. The molecular weight excluding hydrogens is 789 g/mol. The monoisotopic (exact) mass is 844 g/mol. The fraction of sp³-hybridized carbons (Fsp3) is 0.523. The number of carbonyl (C=O) groups excluding carboxylic acids is 6. The van der Waals surface area contributed by atoms with Crippen molar-refractivity contribution < 1.29 is 43.0 Å². The van der Waals surface area contributed by atoms with Crippen molar-refractivity contribution >= 4 is 46.7 Å². The van der Waals surface area contributed by atoms with Crippen LogP contribution in [0.25, 0.3) is 0 Å². The van der Waals surface area contributed by atoms with Crippen LogP contribution in [0.4, 0.5) is 0 Å². The number of hydrogen-bond donors (Lipinski definition) is 3. The molecule has 3 aliphatic rings. The van der Waals surface area contributed by atoms with Crippen LogP contribution in [0.15, 0.2) is 66.9 Å². The Morgan fingerprint density at radius 1 is 0.950 bits per heavy atom. The third kappa shape index (κ3) is 12.0. The minimum atomic E-state index is -1.02. The van der Waals surface area contributed by atoms with E-state index in [0.717, 1.165) is 22.5 Å². The molecule has 4 heterocycles. The van der Waals surface area contributed by atoms with E-state index in [-0.39, 0.29) is 55.6 Å². The fourth-order valence-corrected chi connectivity index (χ4v) is 8.35. The first-order valence-corrected chi connectivity index (χ1v) is 21.5. The molecule has 0 saturated carbocycles. The van der Waals surface area contributed by atoms with Crippen LogP contribution >= 0.6 is 11.3 Å². The minimum Gasteiger partial charge on any atom is -0.457 e. The van der Waals surface area contributed by atoms with E-state index in [1.165, 1.54) is 11.1 Å². The molecule has 60 heavy (non-hydrogen) atoms. The molecule has 1 aromatic heterocycles. The zero-order valence-corrected chi connectivity index (χ0v) is 35.5. The van der Waals surface area contributed by atoms with E-state index in [9.17, 15) is 28.8 Å². The normalized spacial score (nSPS) is 21.8. The molecule has 3 aromatic rings. The SMILES string of the molecule is CC(C)C[C@H](NC(=O)[C@H](Cc1ccccc1)N1C(=O)[C@@H](NC(=O)[C@H](CCc2ccccc2)NC(=O)c2cnc(COC(=O)CN3CCOCC3)s2)CC1C)C(=O)C1(C)CO1. The molecular formula is C44H56N6O9S. The number of ether oxygens (including phenoxy) is 3. The maximum absolute atomic E-state index is 14.3. The number of rotatable bonds is 20. The van der Waals surface area contributed by atoms with Gasteiger partial charge in [-0.15, -0.1) is 11.3 Å². The van der Waals surface area contributed by atoms with Crippen LogP contribution in [0.3, 0.4) is 0 Å². The van der Waals surface area contributed by atoms with Gasteiger partial charge in [0.2, 0.25) is 17.7 Å². The second-order valence-corrected chi connectivity index (χ2v) is 17.5. The number of nitrogens with zero attached hydrogens (tertiary/aromatic N) is 3. The Labute approximate surface area is 354 Å². The number of epoxide rings is 1. The molecule has 2 aromatic carbocycles. The molecule has 3 N–H and O–H groups in total. The van der Waals surface area contributed by atoms with Crippen molar-refractivity contribution in [1.82, 2.24) is 30.7 Å². The Morgan fingerprint density at radius 3 is 2.27 bits per heavy atom. The number of carbonyl (C=O) groups is 6. The Bertz CT molecular complexity index is 1970. The number of likely N-dealkylation sites (tertiary alicyclic amines) is 1. The molecule has 3 fully saturated rings. The first kappa shape index (κ1) is 44.5. The van der Waals surface area contributed by atoms with Crippen LogP contribution in [0.5, 0.6) is 0 Å². The summed E-state index contributed by atoms with van der Waals surface area (Å²) in [4.78, 5) is 90.2. The smallest absolute Gasteiger partial charge is 0.320 e. The highest BCUT2D eigenvalue weighted by atomic mass is 32.1. The molecule has 0 spiro atoms. The van der Waals surface area contributed by atoms with Crippen LogP contribution in [0, 0.1) is 5.92 Å². The highest BCUT2D eigenvalue weighted by Gasteiger charge is 2.51. The van der Waals surface area contributed by atoms with Gasteiger partial charge in [-0.3, -0.25) is 33.7 Å². The molecule has 6 rings (SSSR count). The van der Waals surface area contributed by atoms with Crippen molar-refractivity contribution in [2.75, 3.05) is 39.5 Å². The van der Waals surface area contributed by atoms with Gasteiger partial charge in [-0.25, -0.2) is 4.98 Å². The van der Waals surface area contributed by atoms with Crippen LogP contribution in [0.1, 0.15) is 72.8 Å². The third-order valence-electron chi connectivity index (χ3n) is 11.0. The van der Waals surface area contributed by atoms with Gasteiger partial charge >= 0.3 is 5.97 Å². The van der Waals surface area contributed by atoms with Gasteiger partial charge in [-0.2, -0.15) is 0 Å². The maximum atomic E-state index is 14.3. The predicted octanol–water partition coefficient (Wildman–Crippen LogP) is 2.86. The summed E-state index contributed by atoms with van der Waals surface area (Å²) in [5.41, 5.74) is 0.850. The van der Waals surface area contributed by atoms with E-state index in [0.29, 0.717) is 44.2 Å². The summed E-state index contributed by atoms with van der Waals surface area (Å²) in [6.07, 6.45) is 2.91. The number of esters is 1. The quantitative estimate of drug-likeness (QED) is 0.112. The summed E-state index contributed by atoms with van der Waals surface area (Å²) in [5.74, 6) is -2.47. The van der Waals surface area contributed by atoms with E-state index in [2.05, 4.69) is 20.9 Å². The van der Waals surface area contributed by atoms with Crippen LogP contribution in [-0.2, 0) is 57.6 Å². The van der Waals surface area contributed by atoms with Gasteiger partial charge < -0.3 is 35.1 Å². The van der Waals surface area contributed by atoms with Gasteiger partial charge in [-0.1, -0.05) is 74.5 Å². The largest absolute Gasteiger partial charge is 0.457 e. The van der Waals surface area contributed by atoms with E-state index < -0.39 is 65.4 Å². The third-order valence-corrected chi connectivity index (χ3v) is 12.0. The number of benzene rings is 2. The summed E-state index contributed by atoms with van der Waals surface area (Å²) < 4.78 is 16.2. The molecule has 16 heteroatoms. The Hall–Kier alpha value is -5.03. The molecule has 3 saturated heterocycles. The van der Waals surface area contributed by atoms with Crippen LogP contribution in [0.2, 0.25) is 0 Å². The van der Waals surface area contributed by atoms with Crippen LogP contribution in [-0.4, -0.2) is 125 Å². The van der Waals surface area contributed by atoms with Gasteiger partial charge in [0.1, 0.15) is 40.2 Å². The number of aryl methyl sites for hydroxylation is 1. The highest BCUT2D eigenvalue weighted by Crippen LogP contribution is 2.30. The highest BCUT2D eigenvalue weighted by molar-refractivity contribution is 7.13. The lowest BCUT2D eigenvalue weighted by Crippen LogP contribution is -2.57. The van der Waals surface area contributed by atoms with Crippen molar-refractivity contribution in [3.05, 3.63) is 87.9 Å². The molecule has 0 bridgehead atoms. The number of aromatic nitrogens is 1. The molecule has 0 aliphatic carbocycles. The number of amides is 4. The number of hydrogen-bond acceptors (Lipinski definition) is 12. The summed E-state index contributed by atoms with van der Waals surface area (Å²) in [6, 6.07) is 14.7. The summed E-state index contributed by atoms with van der Waals surface area (Å²) in [5, 5.41) is 9.15. The van der Waals surface area contributed by atoms with E-state index in [1.807, 2.05) is 86.3 Å². The molecule has 15 nitrogen and oxygen atoms in total. The van der Waals surface area contributed by atoms with Crippen molar-refractivity contribution in [1.29, 1.82) is 0 Å². The molecule has 4 amide bonds. The standard InChI is InChI=1S/C44H56N6O9S/c1-28(2)21-33(39(52)44(4)27-59-44)47-41(54)35(23-31-13-9-6-10-14-31)50-29(3)22-34(43(50)56)48-40(53)32(16-15-30-11-7-5-8-12-30)46-42(55)36-24-45-37(60-36)26-58-38(51)25-49-17-19-57-20-18-49/h5-14,24,28-29,32-35H,15-23,25-27H2,1-4H3,(H,46,55)(H,47,54)(H,48,53)/t29?,32-,33-,34-,35-,44?/m0/s1. The number of morpholine rings is 1. The Kier molecular flexibility index (Phi) is 15.2. The molecule has 3 aliphatic heterocycles. The zero-order chi connectivity index (χ0) is 42.8. The number of thiazole rings is 1. The van der Waals surface area contributed by atoms with Crippen molar-refractivity contribution in [3.8, 4) is 0 Å². The van der Waals surface area contributed by atoms with Gasteiger partial charge in [-0.05, 0) is 56.6 Å². The predicted molar refractivity (Wildman–Crippen MR) is 223 cm³/mol. The first-order valence-electron chi connectivity index (χ1n) is 20.7. The van der Waals surface area contributed by atoms with Crippen molar-refractivity contribution in [2.45, 2.75) is 102 Å².